The van der Waals surface area contributed by atoms with Gasteiger partial charge in [0.25, 0.3) is 0 Å². The van der Waals surface area contributed by atoms with E-state index in [0.29, 0.717) is 5.92 Å². The Morgan fingerprint density at radius 2 is 1.82 bits per heavy atom. The number of likely N-dealkylation sites (tertiary alicyclic amines) is 1. The Morgan fingerprint density at radius 1 is 1.18 bits per heavy atom. The number of piperidine rings is 1. The summed E-state index contributed by atoms with van der Waals surface area (Å²) in [5.41, 5.74) is 0.454. The maximum Gasteiger partial charge on any atom is 0.416 e. The van der Waals surface area contributed by atoms with Crippen LogP contribution in [0.25, 0.3) is 0 Å². The van der Waals surface area contributed by atoms with Crippen LogP contribution in [-0.2, 0) is 6.18 Å². The van der Waals surface area contributed by atoms with E-state index >= 15 is 0 Å². The van der Waals surface area contributed by atoms with Gasteiger partial charge >= 0.3 is 6.18 Å². The molecule has 0 aromatic heterocycles. The van der Waals surface area contributed by atoms with E-state index in [1.165, 1.54) is 12.1 Å². The van der Waals surface area contributed by atoms with Gasteiger partial charge in [0.15, 0.2) is 0 Å². The molecule has 1 heterocycles. The summed E-state index contributed by atoms with van der Waals surface area (Å²) in [7, 11) is 2.05. The Kier molecular flexibility index (Phi) is 3.43. The second-order valence-electron chi connectivity index (χ2n) is 4.72. The number of halogens is 3. The van der Waals surface area contributed by atoms with Crippen LogP contribution in [0.3, 0.4) is 0 Å². The van der Waals surface area contributed by atoms with E-state index in [9.17, 15) is 13.2 Å². The van der Waals surface area contributed by atoms with Crippen molar-refractivity contribution in [2.75, 3.05) is 20.1 Å². The summed E-state index contributed by atoms with van der Waals surface area (Å²) in [5, 5.41) is 0. The van der Waals surface area contributed by atoms with Gasteiger partial charge in [-0.15, -0.1) is 0 Å². The molecule has 17 heavy (non-hydrogen) atoms. The third kappa shape index (κ3) is 3.00. The van der Waals surface area contributed by atoms with Crippen molar-refractivity contribution in [1.29, 1.82) is 0 Å². The number of benzene rings is 1. The predicted octanol–water partition coefficient (Wildman–Crippen LogP) is 3.51. The van der Waals surface area contributed by atoms with Crippen LogP contribution >= 0.6 is 0 Å². The minimum Gasteiger partial charge on any atom is -0.306 e. The predicted molar refractivity (Wildman–Crippen MR) is 60.9 cm³/mol. The number of likely N-dealkylation sites (N-methyl/N-ethyl adjacent to an activating group) is 1. The lowest BCUT2D eigenvalue weighted by molar-refractivity contribution is -0.137. The maximum atomic E-state index is 12.4. The first-order valence-corrected chi connectivity index (χ1v) is 5.82. The molecular formula is C13H16F3N. The Morgan fingerprint density at radius 3 is 2.35 bits per heavy atom. The minimum atomic E-state index is -4.23. The lowest BCUT2D eigenvalue weighted by atomic mass is 9.90. The van der Waals surface area contributed by atoms with Crippen LogP contribution in [0.5, 0.6) is 0 Å². The van der Waals surface area contributed by atoms with Gasteiger partial charge in [-0.2, -0.15) is 13.2 Å². The summed E-state index contributed by atoms with van der Waals surface area (Å²) in [6.07, 6.45) is -2.06. The fraction of sp³-hybridized carbons (Fsp3) is 0.538. The molecule has 0 saturated carbocycles. The molecule has 1 atom stereocenters. The molecule has 0 amide bonds. The number of rotatable bonds is 1. The van der Waals surface area contributed by atoms with E-state index in [4.69, 9.17) is 0 Å². The van der Waals surface area contributed by atoms with Gasteiger partial charge < -0.3 is 4.90 Å². The molecule has 1 saturated heterocycles. The van der Waals surface area contributed by atoms with Gasteiger partial charge in [0, 0.05) is 6.54 Å². The van der Waals surface area contributed by atoms with Gasteiger partial charge in [-0.05, 0) is 50.0 Å². The quantitative estimate of drug-likeness (QED) is 0.729. The molecule has 1 fully saturated rings. The summed E-state index contributed by atoms with van der Waals surface area (Å²) >= 11 is 0. The van der Waals surface area contributed by atoms with Crippen molar-refractivity contribution in [3.8, 4) is 0 Å². The van der Waals surface area contributed by atoms with Crippen molar-refractivity contribution >= 4 is 0 Å². The van der Waals surface area contributed by atoms with E-state index in [2.05, 4.69) is 11.9 Å². The molecule has 1 aliphatic heterocycles. The van der Waals surface area contributed by atoms with E-state index in [1.54, 1.807) is 12.1 Å². The summed E-state index contributed by atoms with van der Waals surface area (Å²) in [5.74, 6) is 0.371. The molecule has 2 rings (SSSR count). The van der Waals surface area contributed by atoms with Crippen molar-refractivity contribution in [1.82, 2.24) is 4.90 Å². The van der Waals surface area contributed by atoms with Crippen molar-refractivity contribution in [2.45, 2.75) is 24.9 Å². The topological polar surface area (TPSA) is 3.24 Å². The first-order valence-electron chi connectivity index (χ1n) is 5.82. The molecule has 0 bridgehead atoms. The second-order valence-corrected chi connectivity index (χ2v) is 4.72. The zero-order valence-corrected chi connectivity index (χ0v) is 9.80. The first-order chi connectivity index (χ1) is 7.97. The molecular weight excluding hydrogens is 227 g/mol. The third-order valence-corrected chi connectivity index (χ3v) is 3.33. The van der Waals surface area contributed by atoms with Gasteiger partial charge in [-0.25, -0.2) is 0 Å². The van der Waals surface area contributed by atoms with Crippen molar-refractivity contribution in [3.05, 3.63) is 35.4 Å². The van der Waals surface area contributed by atoms with Crippen LogP contribution in [0.15, 0.2) is 24.3 Å². The first kappa shape index (κ1) is 12.4. The average Bonchev–Trinajstić information content (AvgIpc) is 2.28. The normalized spacial score (nSPS) is 22.7. The maximum absolute atomic E-state index is 12.4. The number of nitrogens with zero attached hydrogens (tertiary/aromatic N) is 1. The van der Waals surface area contributed by atoms with Crippen LogP contribution < -0.4 is 0 Å². The van der Waals surface area contributed by atoms with Gasteiger partial charge in [-0.1, -0.05) is 12.1 Å². The van der Waals surface area contributed by atoms with Crippen LogP contribution in [0.1, 0.15) is 29.9 Å². The van der Waals surface area contributed by atoms with Crippen LogP contribution in [-0.4, -0.2) is 25.0 Å². The van der Waals surface area contributed by atoms with E-state index in [-0.39, 0.29) is 0 Å². The lowest BCUT2D eigenvalue weighted by Crippen LogP contribution is -2.30. The Hall–Kier alpha value is -1.03. The minimum absolute atomic E-state index is 0.371. The number of hydrogen-bond donors (Lipinski definition) is 0. The fourth-order valence-corrected chi connectivity index (χ4v) is 2.38. The van der Waals surface area contributed by atoms with Gasteiger partial charge in [0.2, 0.25) is 0 Å². The highest BCUT2D eigenvalue weighted by atomic mass is 19.4. The monoisotopic (exact) mass is 243 g/mol. The molecule has 1 aromatic rings. The van der Waals surface area contributed by atoms with E-state index in [1.807, 2.05) is 0 Å². The summed E-state index contributed by atoms with van der Waals surface area (Å²) < 4.78 is 37.2. The summed E-state index contributed by atoms with van der Waals surface area (Å²) in [4.78, 5) is 2.23. The molecule has 1 nitrogen and oxygen atoms in total. The van der Waals surface area contributed by atoms with E-state index < -0.39 is 11.7 Å². The van der Waals surface area contributed by atoms with Gasteiger partial charge in [0.1, 0.15) is 0 Å². The Bertz CT molecular complexity index is 369. The molecule has 0 radical (unpaired) electrons. The van der Waals surface area contributed by atoms with Crippen molar-refractivity contribution in [3.63, 3.8) is 0 Å². The lowest BCUT2D eigenvalue weighted by Gasteiger charge is -2.30. The Labute approximate surface area is 99.2 Å². The van der Waals surface area contributed by atoms with Gasteiger partial charge in [0.05, 0.1) is 5.56 Å². The highest BCUT2D eigenvalue weighted by molar-refractivity contribution is 5.27. The average molecular weight is 243 g/mol. The smallest absolute Gasteiger partial charge is 0.306 e. The molecule has 1 aromatic carbocycles. The molecule has 4 heteroatoms. The standard InChI is InChI=1S/C13H16F3N/c1-17-8-2-3-11(9-17)10-4-6-12(7-5-10)13(14,15)16/h4-7,11H,2-3,8-9H2,1H3. The molecule has 94 valence electrons. The van der Waals surface area contributed by atoms with Crippen molar-refractivity contribution in [2.24, 2.45) is 0 Å². The number of hydrogen-bond acceptors (Lipinski definition) is 1. The molecule has 0 spiro atoms. The SMILES string of the molecule is CN1CCCC(c2ccc(C(F)(F)F)cc2)C1. The molecule has 1 unspecified atom stereocenters. The third-order valence-electron chi connectivity index (χ3n) is 3.33. The summed E-state index contributed by atoms with van der Waals surface area (Å²) in [6, 6.07) is 5.60. The Balaban J connectivity index is 2.12. The van der Waals surface area contributed by atoms with Crippen molar-refractivity contribution < 1.29 is 13.2 Å². The zero-order valence-electron chi connectivity index (χ0n) is 9.80. The molecule has 0 aliphatic carbocycles. The van der Waals surface area contributed by atoms with Crippen LogP contribution in [0.4, 0.5) is 13.2 Å². The number of alkyl halides is 3. The van der Waals surface area contributed by atoms with Gasteiger partial charge in [-0.3, -0.25) is 0 Å². The molecule has 1 aliphatic rings. The van der Waals surface area contributed by atoms with Crippen LogP contribution in [0.2, 0.25) is 0 Å². The zero-order chi connectivity index (χ0) is 12.5. The molecule has 0 N–H and O–H groups in total. The van der Waals surface area contributed by atoms with E-state index in [0.717, 1.165) is 31.5 Å². The largest absolute Gasteiger partial charge is 0.416 e. The highest BCUT2D eigenvalue weighted by Gasteiger charge is 2.30. The fourth-order valence-electron chi connectivity index (χ4n) is 2.38. The highest BCUT2D eigenvalue weighted by Crippen LogP contribution is 2.32. The second kappa shape index (κ2) is 4.69. The van der Waals surface area contributed by atoms with Crippen LogP contribution in [0, 0.1) is 0 Å². The summed E-state index contributed by atoms with van der Waals surface area (Å²) in [6.45, 7) is 2.02.